The Balaban J connectivity index is 1.53. The lowest BCUT2D eigenvalue weighted by Crippen LogP contribution is -2.37. The number of hydrogen-bond acceptors (Lipinski definition) is 3. The molecule has 0 saturated heterocycles. The molecule has 0 aromatic heterocycles. The molecule has 2 aromatic carbocycles. The van der Waals surface area contributed by atoms with Crippen molar-refractivity contribution in [1.82, 2.24) is 5.32 Å². The average molecular weight is 362 g/mol. The van der Waals surface area contributed by atoms with Gasteiger partial charge >= 0.3 is 0 Å². The second-order valence-electron chi connectivity index (χ2n) is 5.92. The minimum Gasteiger partial charge on any atom is -0.355 e. The Kier molecular flexibility index (Phi) is 5.03. The summed E-state index contributed by atoms with van der Waals surface area (Å²) in [6.07, 6.45) is 0.791. The largest absolute Gasteiger partial charge is 0.355 e. The summed E-state index contributed by atoms with van der Waals surface area (Å²) in [6.45, 7) is 0.478. The van der Waals surface area contributed by atoms with Crippen molar-refractivity contribution in [2.75, 3.05) is 23.1 Å². The van der Waals surface area contributed by atoms with E-state index in [0.717, 1.165) is 11.3 Å². The van der Waals surface area contributed by atoms with Crippen molar-refractivity contribution >= 4 is 21.6 Å². The number of carbonyl (C=O) groups is 1. The quantitative estimate of drug-likeness (QED) is 0.853. The topological polar surface area (TPSA) is 66.5 Å². The van der Waals surface area contributed by atoms with Crippen molar-refractivity contribution in [3.63, 3.8) is 0 Å². The molecule has 7 heteroatoms. The van der Waals surface area contributed by atoms with Gasteiger partial charge in [-0.1, -0.05) is 30.3 Å². The molecule has 0 saturated carbocycles. The second-order valence-corrected chi connectivity index (χ2v) is 7.93. The van der Waals surface area contributed by atoms with Crippen molar-refractivity contribution in [3.8, 4) is 0 Å². The summed E-state index contributed by atoms with van der Waals surface area (Å²) in [5.74, 6) is -0.805. The number of fused-ring (bicyclic) bond motifs is 1. The molecule has 1 N–H and O–H groups in total. The van der Waals surface area contributed by atoms with Crippen LogP contribution >= 0.6 is 0 Å². The number of rotatable bonds is 6. The maximum absolute atomic E-state index is 12.8. The summed E-state index contributed by atoms with van der Waals surface area (Å²) in [4.78, 5) is 11.9. The molecule has 0 radical (unpaired) electrons. The van der Waals surface area contributed by atoms with Crippen LogP contribution in [0.3, 0.4) is 0 Å². The molecule has 0 spiro atoms. The maximum Gasteiger partial charge on any atom is 0.236 e. The first-order valence-corrected chi connectivity index (χ1v) is 9.66. The highest BCUT2D eigenvalue weighted by Gasteiger charge is 2.28. The third-order valence-electron chi connectivity index (χ3n) is 4.14. The van der Waals surface area contributed by atoms with E-state index in [2.05, 4.69) is 5.32 Å². The third kappa shape index (κ3) is 4.17. The highest BCUT2D eigenvalue weighted by atomic mass is 32.2. The van der Waals surface area contributed by atoms with Crippen LogP contribution in [0.2, 0.25) is 0 Å². The number of halogens is 1. The lowest BCUT2D eigenvalue weighted by molar-refractivity contribution is -0.120. The standard InChI is InChI=1S/C18H19FN2O3S/c19-16-7-5-14(6-8-16)13-18(22)20-10-12-25(23,24)21-11-9-15-3-1-2-4-17(15)21/h1-8H,9-13H2,(H,20,22). The predicted molar refractivity (Wildman–Crippen MR) is 94.4 cm³/mol. The summed E-state index contributed by atoms with van der Waals surface area (Å²) >= 11 is 0. The first-order valence-electron chi connectivity index (χ1n) is 8.05. The lowest BCUT2D eigenvalue weighted by atomic mass is 10.1. The van der Waals surface area contributed by atoms with Crippen molar-refractivity contribution < 1.29 is 17.6 Å². The molecule has 1 heterocycles. The number of hydrogen-bond donors (Lipinski definition) is 1. The van der Waals surface area contributed by atoms with Crippen molar-refractivity contribution in [2.45, 2.75) is 12.8 Å². The van der Waals surface area contributed by atoms with Crippen LogP contribution in [0.1, 0.15) is 11.1 Å². The summed E-state index contributed by atoms with van der Waals surface area (Å²) in [6, 6.07) is 13.1. The zero-order valence-corrected chi connectivity index (χ0v) is 14.4. The molecule has 5 nitrogen and oxygen atoms in total. The Labute approximate surface area is 146 Å². The van der Waals surface area contributed by atoms with Gasteiger partial charge in [-0.3, -0.25) is 9.10 Å². The summed E-state index contributed by atoms with van der Waals surface area (Å²) in [5.41, 5.74) is 2.42. The molecule has 0 bridgehead atoms. The van der Waals surface area contributed by atoms with Crippen LogP contribution in [-0.2, 0) is 27.7 Å². The molecule has 3 rings (SSSR count). The van der Waals surface area contributed by atoms with E-state index in [0.29, 0.717) is 18.5 Å². The summed E-state index contributed by atoms with van der Waals surface area (Å²) in [7, 11) is -3.48. The van der Waals surface area contributed by atoms with E-state index in [1.807, 2.05) is 18.2 Å². The van der Waals surface area contributed by atoms with Crippen molar-refractivity contribution in [2.24, 2.45) is 0 Å². The van der Waals surface area contributed by atoms with Gasteiger partial charge in [-0.25, -0.2) is 12.8 Å². The maximum atomic E-state index is 12.8. The Morgan fingerprint density at radius 1 is 1.12 bits per heavy atom. The smallest absolute Gasteiger partial charge is 0.236 e. The van der Waals surface area contributed by atoms with Crippen LogP contribution in [0.5, 0.6) is 0 Å². The Morgan fingerprint density at radius 3 is 2.60 bits per heavy atom. The van der Waals surface area contributed by atoms with E-state index in [1.54, 1.807) is 6.07 Å². The number of amides is 1. The molecule has 1 aliphatic rings. The van der Waals surface area contributed by atoms with E-state index in [4.69, 9.17) is 0 Å². The number of para-hydroxylation sites is 1. The average Bonchev–Trinajstić information content (AvgIpc) is 3.02. The number of nitrogens with one attached hydrogen (secondary N) is 1. The molecule has 1 amide bonds. The van der Waals surface area contributed by atoms with Gasteiger partial charge < -0.3 is 5.32 Å². The number of carbonyl (C=O) groups excluding carboxylic acids is 1. The van der Waals surface area contributed by atoms with Crippen molar-refractivity contribution in [1.29, 1.82) is 0 Å². The molecular formula is C18H19FN2O3S. The number of sulfonamides is 1. The van der Waals surface area contributed by atoms with Gasteiger partial charge in [0.15, 0.2) is 0 Å². The van der Waals surface area contributed by atoms with Gasteiger partial charge in [-0.15, -0.1) is 0 Å². The van der Waals surface area contributed by atoms with Gasteiger partial charge in [-0.05, 0) is 35.7 Å². The van der Waals surface area contributed by atoms with Gasteiger partial charge in [0.25, 0.3) is 0 Å². The number of anilines is 1. The summed E-state index contributed by atoms with van der Waals surface area (Å²) in [5, 5.41) is 2.61. The highest BCUT2D eigenvalue weighted by Crippen LogP contribution is 2.29. The monoisotopic (exact) mass is 362 g/mol. The molecule has 0 aliphatic carbocycles. The van der Waals surface area contributed by atoms with E-state index in [1.165, 1.54) is 28.6 Å². The molecule has 0 atom stereocenters. The molecular weight excluding hydrogens is 343 g/mol. The Morgan fingerprint density at radius 2 is 1.84 bits per heavy atom. The highest BCUT2D eigenvalue weighted by molar-refractivity contribution is 7.92. The van der Waals surface area contributed by atoms with Gasteiger partial charge in [0.05, 0.1) is 17.9 Å². The van der Waals surface area contributed by atoms with E-state index in [-0.39, 0.29) is 30.4 Å². The summed E-state index contributed by atoms with van der Waals surface area (Å²) < 4.78 is 39.3. The molecule has 1 aliphatic heterocycles. The molecule has 25 heavy (non-hydrogen) atoms. The first kappa shape index (κ1) is 17.4. The Bertz CT molecular complexity index is 866. The normalized spacial score (nSPS) is 13.6. The predicted octanol–water partition coefficient (Wildman–Crippen LogP) is 1.88. The fraction of sp³-hybridized carbons (Fsp3) is 0.278. The zero-order valence-electron chi connectivity index (χ0n) is 13.6. The van der Waals surface area contributed by atoms with E-state index in [9.17, 15) is 17.6 Å². The first-order chi connectivity index (χ1) is 12.0. The minimum atomic E-state index is -3.48. The van der Waals surface area contributed by atoms with E-state index < -0.39 is 10.0 Å². The van der Waals surface area contributed by atoms with Crippen LogP contribution in [0.25, 0.3) is 0 Å². The number of nitrogens with zero attached hydrogens (tertiary/aromatic N) is 1. The SMILES string of the molecule is O=C(Cc1ccc(F)cc1)NCCS(=O)(=O)N1CCc2ccccc21. The fourth-order valence-electron chi connectivity index (χ4n) is 2.88. The van der Waals surface area contributed by atoms with Gasteiger partial charge in [-0.2, -0.15) is 0 Å². The van der Waals surface area contributed by atoms with E-state index >= 15 is 0 Å². The van der Waals surface area contributed by atoms with Crippen LogP contribution in [0, 0.1) is 5.82 Å². The number of benzene rings is 2. The molecule has 0 fully saturated rings. The van der Waals surface area contributed by atoms with Crippen LogP contribution < -0.4 is 9.62 Å². The van der Waals surface area contributed by atoms with Crippen LogP contribution in [0.15, 0.2) is 48.5 Å². The van der Waals surface area contributed by atoms with Crippen molar-refractivity contribution in [3.05, 3.63) is 65.5 Å². The Hall–Kier alpha value is -2.41. The fourth-order valence-corrected chi connectivity index (χ4v) is 4.30. The zero-order chi connectivity index (χ0) is 17.9. The van der Waals surface area contributed by atoms with Gasteiger partial charge in [0.1, 0.15) is 5.82 Å². The minimum absolute atomic E-state index is 0.0427. The molecule has 2 aromatic rings. The molecule has 132 valence electrons. The lowest BCUT2D eigenvalue weighted by Gasteiger charge is -2.19. The third-order valence-corrected chi connectivity index (χ3v) is 5.91. The van der Waals surface area contributed by atoms with Gasteiger partial charge in [0.2, 0.25) is 15.9 Å². The van der Waals surface area contributed by atoms with Crippen LogP contribution in [0.4, 0.5) is 10.1 Å². The van der Waals surface area contributed by atoms with Gasteiger partial charge in [0, 0.05) is 13.1 Å². The molecule has 0 unspecified atom stereocenters. The second kappa shape index (κ2) is 7.23. The van der Waals surface area contributed by atoms with Crippen LogP contribution in [-0.4, -0.2) is 33.2 Å².